The summed E-state index contributed by atoms with van der Waals surface area (Å²) in [4.78, 5) is 4.07. The van der Waals surface area contributed by atoms with E-state index in [0.29, 0.717) is 5.88 Å². The first kappa shape index (κ1) is 8.91. The van der Waals surface area contributed by atoms with E-state index in [9.17, 15) is 0 Å². The molecule has 3 rings (SSSR count). The third-order valence-corrected chi connectivity index (χ3v) is 2.46. The number of hydrogen-bond acceptors (Lipinski definition) is 4. The molecule has 78 valence electrons. The summed E-state index contributed by atoms with van der Waals surface area (Å²) in [5.74, 6) is 0.324. The molecule has 2 heterocycles. The van der Waals surface area contributed by atoms with Gasteiger partial charge in [0.1, 0.15) is 5.69 Å². The molecule has 0 saturated carbocycles. The van der Waals surface area contributed by atoms with Crippen LogP contribution >= 0.6 is 0 Å². The molecule has 0 saturated heterocycles. The minimum Gasteiger partial charge on any atom is -0.368 e. The van der Waals surface area contributed by atoms with Crippen LogP contribution in [0.2, 0.25) is 0 Å². The Morgan fingerprint density at radius 1 is 1.06 bits per heavy atom. The van der Waals surface area contributed by atoms with Gasteiger partial charge in [-0.2, -0.15) is 0 Å². The zero-order valence-corrected chi connectivity index (χ0v) is 8.42. The number of nitrogens with two attached hydrogens (primary N) is 1. The highest BCUT2D eigenvalue weighted by Crippen LogP contribution is 2.24. The molecule has 1 aromatic carbocycles. The predicted molar refractivity (Wildman–Crippen MR) is 61.7 cm³/mol. The van der Waals surface area contributed by atoms with E-state index in [-0.39, 0.29) is 0 Å². The lowest BCUT2D eigenvalue weighted by molar-refractivity contribution is 0.439. The zero-order chi connectivity index (χ0) is 11.0. The number of fused-ring (bicyclic) bond motifs is 1. The lowest BCUT2D eigenvalue weighted by Gasteiger charge is -1.99. The number of nitrogens with zero attached hydrogens (tertiary/aromatic N) is 2. The first-order valence-electron chi connectivity index (χ1n) is 4.89. The number of nitrogen functional groups attached to an aromatic ring is 1. The number of rotatable bonds is 1. The Kier molecular flexibility index (Phi) is 1.86. The Balaban J connectivity index is 2.18. The second-order valence-corrected chi connectivity index (χ2v) is 3.55. The smallest absolute Gasteiger partial charge is 0.222 e. The maximum absolute atomic E-state index is 5.49. The Morgan fingerprint density at radius 3 is 2.81 bits per heavy atom. The van der Waals surface area contributed by atoms with E-state index in [4.69, 9.17) is 10.3 Å². The van der Waals surface area contributed by atoms with Gasteiger partial charge in [0.2, 0.25) is 5.88 Å². The number of benzene rings is 1. The van der Waals surface area contributed by atoms with Crippen LogP contribution in [-0.2, 0) is 0 Å². The molecule has 0 atom stereocenters. The van der Waals surface area contributed by atoms with Gasteiger partial charge in [-0.05, 0) is 17.5 Å². The number of aromatic nitrogens is 2. The number of pyridine rings is 1. The van der Waals surface area contributed by atoms with Crippen LogP contribution in [-0.4, -0.2) is 10.1 Å². The van der Waals surface area contributed by atoms with Crippen LogP contribution in [0.25, 0.3) is 22.0 Å². The quantitative estimate of drug-likeness (QED) is 0.671. The van der Waals surface area contributed by atoms with Gasteiger partial charge < -0.3 is 10.3 Å². The molecule has 3 aromatic rings. The fourth-order valence-corrected chi connectivity index (χ4v) is 1.67. The van der Waals surface area contributed by atoms with Crippen LogP contribution in [0.1, 0.15) is 0 Å². The zero-order valence-electron chi connectivity index (χ0n) is 8.42. The first-order valence-corrected chi connectivity index (χ1v) is 4.89. The van der Waals surface area contributed by atoms with E-state index in [1.165, 1.54) is 0 Å². The van der Waals surface area contributed by atoms with Gasteiger partial charge in [-0.15, -0.1) is 0 Å². The largest absolute Gasteiger partial charge is 0.368 e. The minimum absolute atomic E-state index is 0.324. The van der Waals surface area contributed by atoms with E-state index in [0.717, 1.165) is 22.0 Å². The fourth-order valence-electron chi connectivity index (χ4n) is 1.67. The summed E-state index contributed by atoms with van der Waals surface area (Å²) in [7, 11) is 0. The normalized spacial score (nSPS) is 10.8. The minimum atomic E-state index is 0.324. The predicted octanol–water partition coefficient (Wildman–Crippen LogP) is 2.47. The standard InChI is InChI=1S/C12H9N3O/c13-12-6-11(15-16-12)9-1-2-10-7-14-4-3-8(10)5-9/h1-7H,13H2. The maximum atomic E-state index is 5.49. The van der Waals surface area contributed by atoms with Gasteiger partial charge in [-0.1, -0.05) is 17.3 Å². The van der Waals surface area contributed by atoms with Gasteiger partial charge in [0, 0.05) is 29.4 Å². The monoisotopic (exact) mass is 211 g/mol. The summed E-state index contributed by atoms with van der Waals surface area (Å²) >= 11 is 0. The van der Waals surface area contributed by atoms with Crippen molar-refractivity contribution in [2.45, 2.75) is 0 Å². The lowest BCUT2D eigenvalue weighted by Crippen LogP contribution is -1.80. The van der Waals surface area contributed by atoms with Crippen molar-refractivity contribution in [3.8, 4) is 11.3 Å². The van der Waals surface area contributed by atoms with Crippen LogP contribution in [0.5, 0.6) is 0 Å². The molecule has 0 spiro atoms. The van der Waals surface area contributed by atoms with E-state index >= 15 is 0 Å². The van der Waals surface area contributed by atoms with Crippen molar-refractivity contribution >= 4 is 16.7 Å². The van der Waals surface area contributed by atoms with Crippen LogP contribution < -0.4 is 5.73 Å². The van der Waals surface area contributed by atoms with Gasteiger partial charge in [0.25, 0.3) is 0 Å². The van der Waals surface area contributed by atoms with Crippen LogP contribution in [0, 0.1) is 0 Å². The Hall–Kier alpha value is -2.36. The molecule has 0 unspecified atom stereocenters. The van der Waals surface area contributed by atoms with Crippen LogP contribution in [0.15, 0.2) is 47.2 Å². The summed E-state index contributed by atoms with van der Waals surface area (Å²) in [6.45, 7) is 0. The summed E-state index contributed by atoms with van der Waals surface area (Å²) in [5.41, 5.74) is 7.22. The Morgan fingerprint density at radius 2 is 2.00 bits per heavy atom. The van der Waals surface area contributed by atoms with Crippen molar-refractivity contribution in [2.24, 2.45) is 0 Å². The van der Waals surface area contributed by atoms with Crippen molar-refractivity contribution in [2.75, 3.05) is 5.73 Å². The summed E-state index contributed by atoms with van der Waals surface area (Å²) in [6.07, 6.45) is 3.60. The molecule has 0 aliphatic rings. The van der Waals surface area contributed by atoms with Crippen LogP contribution in [0.3, 0.4) is 0 Å². The van der Waals surface area contributed by atoms with Crippen molar-refractivity contribution in [1.29, 1.82) is 0 Å². The van der Waals surface area contributed by atoms with Gasteiger partial charge in [-0.25, -0.2) is 0 Å². The summed E-state index contributed by atoms with van der Waals surface area (Å²) in [6, 6.07) is 9.68. The van der Waals surface area contributed by atoms with E-state index < -0.39 is 0 Å². The van der Waals surface area contributed by atoms with Crippen molar-refractivity contribution in [3.05, 3.63) is 42.7 Å². The lowest BCUT2D eigenvalue weighted by atomic mass is 10.1. The molecule has 2 aromatic heterocycles. The number of anilines is 1. The van der Waals surface area contributed by atoms with Gasteiger partial charge >= 0.3 is 0 Å². The summed E-state index contributed by atoms with van der Waals surface area (Å²) < 4.78 is 4.85. The first-order chi connectivity index (χ1) is 7.83. The molecule has 16 heavy (non-hydrogen) atoms. The van der Waals surface area contributed by atoms with Crippen molar-refractivity contribution < 1.29 is 4.52 Å². The molecule has 0 bridgehead atoms. The van der Waals surface area contributed by atoms with Crippen molar-refractivity contribution in [1.82, 2.24) is 10.1 Å². The molecule has 0 radical (unpaired) electrons. The molecular weight excluding hydrogens is 202 g/mol. The third kappa shape index (κ3) is 1.40. The maximum Gasteiger partial charge on any atom is 0.222 e. The molecule has 0 aliphatic heterocycles. The molecule has 0 fully saturated rings. The average Bonchev–Trinajstić information content (AvgIpc) is 2.75. The highest BCUT2D eigenvalue weighted by molar-refractivity contribution is 5.86. The van der Waals surface area contributed by atoms with E-state index in [2.05, 4.69) is 10.1 Å². The van der Waals surface area contributed by atoms with Gasteiger partial charge in [-0.3, -0.25) is 4.98 Å². The molecule has 2 N–H and O–H groups in total. The van der Waals surface area contributed by atoms with Crippen molar-refractivity contribution in [3.63, 3.8) is 0 Å². The molecule has 4 heteroatoms. The summed E-state index contributed by atoms with van der Waals surface area (Å²) in [5, 5.41) is 6.10. The van der Waals surface area contributed by atoms with E-state index in [1.807, 2.05) is 30.5 Å². The second kappa shape index (κ2) is 3.34. The number of hydrogen-bond donors (Lipinski definition) is 1. The SMILES string of the molecule is Nc1cc(-c2ccc3cnccc3c2)no1. The molecule has 4 nitrogen and oxygen atoms in total. The molecule has 0 amide bonds. The van der Waals surface area contributed by atoms with Crippen LogP contribution in [0.4, 0.5) is 5.88 Å². The highest BCUT2D eigenvalue weighted by Gasteiger charge is 2.04. The topological polar surface area (TPSA) is 64.9 Å². The third-order valence-electron chi connectivity index (χ3n) is 2.46. The molecule has 0 aliphatic carbocycles. The Labute approximate surface area is 91.7 Å². The Bertz CT molecular complexity index is 645. The average molecular weight is 211 g/mol. The highest BCUT2D eigenvalue weighted by atomic mass is 16.5. The second-order valence-electron chi connectivity index (χ2n) is 3.55. The fraction of sp³-hybridized carbons (Fsp3) is 0. The van der Waals surface area contributed by atoms with E-state index in [1.54, 1.807) is 12.3 Å². The molecular formula is C12H9N3O. The van der Waals surface area contributed by atoms with Gasteiger partial charge in [0.15, 0.2) is 0 Å². The van der Waals surface area contributed by atoms with Gasteiger partial charge in [0.05, 0.1) is 0 Å².